The van der Waals surface area contributed by atoms with E-state index in [0.717, 1.165) is 22.4 Å². The minimum atomic E-state index is -0.320. The number of aromatic nitrogens is 3. The van der Waals surface area contributed by atoms with Crippen molar-refractivity contribution in [2.24, 2.45) is 0 Å². The van der Waals surface area contributed by atoms with Crippen LogP contribution < -0.4 is 10.1 Å². The summed E-state index contributed by atoms with van der Waals surface area (Å²) in [5.74, 6) is 0.571. The average Bonchev–Trinajstić information content (AvgIpc) is 2.77. The number of pyridine rings is 1. The molecule has 0 radical (unpaired) electrons. The van der Waals surface area contributed by atoms with Gasteiger partial charge in [0.1, 0.15) is 5.75 Å². The minimum absolute atomic E-state index is 0.190. The Morgan fingerprint density at radius 2 is 1.54 bits per heavy atom. The zero-order chi connectivity index (χ0) is 19.3. The van der Waals surface area contributed by atoms with Gasteiger partial charge in [0.2, 0.25) is 0 Å². The van der Waals surface area contributed by atoms with Crippen LogP contribution in [0.5, 0.6) is 5.75 Å². The molecule has 138 valence electrons. The highest BCUT2D eigenvalue weighted by atomic mass is 16.5. The lowest BCUT2D eigenvalue weighted by atomic mass is 9.99. The predicted octanol–water partition coefficient (Wildman–Crippen LogP) is 3.55. The molecule has 0 aliphatic rings. The van der Waals surface area contributed by atoms with E-state index >= 15 is 0 Å². The Kier molecular flexibility index (Phi) is 4.93. The van der Waals surface area contributed by atoms with E-state index in [2.05, 4.69) is 20.3 Å². The summed E-state index contributed by atoms with van der Waals surface area (Å²) in [6.07, 6.45) is 6.67. The summed E-state index contributed by atoms with van der Waals surface area (Å²) < 4.78 is 5.24. The van der Waals surface area contributed by atoms with Gasteiger partial charge >= 0.3 is 0 Å². The normalized spacial score (nSPS) is 11.8. The lowest BCUT2D eigenvalue weighted by molar-refractivity contribution is 0.0943. The van der Waals surface area contributed by atoms with Crippen molar-refractivity contribution in [3.8, 4) is 5.75 Å². The van der Waals surface area contributed by atoms with E-state index in [0.29, 0.717) is 11.1 Å². The Labute approximate surface area is 162 Å². The van der Waals surface area contributed by atoms with Crippen LogP contribution in [0.15, 0.2) is 79.4 Å². The highest BCUT2D eigenvalue weighted by Gasteiger charge is 2.18. The number of rotatable bonds is 5. The number of methoxy groups -OCH3 is 1. The maximum Gasteiger partial charge on any atom is 0.252 e. The van der Waals surface area contributed by atoms with E-state index < -0.39 is 0 Å². The fraction of sp³-hybridized carbons (Fsp3) is 0.0909. The number of nitrogens with one attached hydrogen (secondary N) is 1. The van der Waals surface area contributed by atoms with Gasteiger partial charge in [0, 0.05) is 30.4 Å². The standard InChI is InChI=1S/C22H18N4O2/c1-28-18-5-2-15(3-6-18)21(16-8-10-23-11-9-16)26-22(27)17-4-7-19-20(14-17)25-13-12-24-19/h2-14,21H,1H3,(H,26,27). The number of fused-ring (bicyclic) bond motifs is 1. The monoisotopic (exact) mass is 370 g/mol. The molecule has 6 heteroatoms. The van der Waals surface area contributed by atoms with Gasteiger partial charge < -0.3 is 10.1 Å². The van der Waals surface area contributed by atoms with Crippen LogP contribution in [0.2, 0.25) is 0 Å². The summed E-state index contributed by atoms with van der Waals surface area (Å²) in [7, 11) is 1.62. The average molecular weight is 370 g/mol. The van der Waals surface area contributed by atoms with E-state index in [9.17, 15) is 4.79 Å². The molecule has 0 bridgehead atoms. The number of hydrogen-bond donors (Lipinski definition) is 1. The molecule has 1 amide bonds. The van der Waals surface area contributed by atoms with Crippen molar-refractivity contribution >= 4 is 16.9 Å². The zero-order valence-electron chi connectivity index (χ0n) is 15.2. The van der Waals surface area contributed by atoms with Crippen molar-refractivity contribution in [1.29, 1.82) is 0 Å². The number of amides is 1. The van der Waals surface area contributed by atoms with Crippen LogP contribution in [-0.2, 0) is 0 Å². The van der Waals surface area contributed by atoms with Gasteiger partial charge in [0.25, 0.3) is 5.91 Å². The van der Waals surface area contributed by atoms with Gasteiger partial charge in [-0.25, -0.2) is 0 Å². The molecule has 1 atom stereocenters. The largest absolute Gasteiger partial charge is 0.497 e. The first-order valence-electron chi connectivity index (χ1n) is 8.80. The fourth-order valence-electron chi connectivity index (χ4n) is 3.03. The molecule has 4 aromatic rings. The molecule has 4 rings (SSSR count). The molecule has 0 aliphatic carbocycles. The summed E-state index contributed by atoms with van der Waals surface area (Å²) in [6, 6.07) is 16.4. The van der Waals surface area contributed by atoms with Crippen LogP contribution in [0.1, 0.15) is 27.5 Å². The number of benzene rings is 2. The molecule has 2 heterocycles. The van der Waals surface area contributed by atoms with Gasteiger partial charge in [-0.3, -0.25) is 19.7 Å². The number of carbonyl (C=O) groups is 1. The molecule has 0 spiro atoms. The highest BCUT2D eigenvalue weighted by molar-refractivity contribution is 5.97. The predicted molar refractivity (Wildman–Crippen MR) is 106 cm³/mol. The van der Waals surface area contributed by atoms with Crippen molar-refractivity contribution in [2.75, 3.05) is 7.11 Å². The highest BCUT2D eigenvalue weighted by Crippen LogP contribution is 2.24. The molecule has 0 fully saturated rings. The van der Waals surface area contributed by atoms with E-state index in [1.165, 1.54) is 0 Å². The number of ether oxygens (including phenoxy) is 1. The van der Waals surface area contributed by atoms with E-state index in [-0.39, 0.29) is 11.9 Å². The van der Waals surface area contributed by atoms with E-state index in [1.807, 2.05) is 36.4 Å². The van der Waals surface area contributed by atoms with Gasteiger partial charge in [0.15, 0.2) is 0 Å². The first kappa shape index (κ1) is 17.6. The molecule has 2 aromatic heterocycles. The quantitative estimate of drug-likeness (QED) is 0.581. The van der Waals surface area contributed by atoms with Gasteiger partial charge in [-0.1, -0.05) is 12.1 Å². The zero-order valence-corrected chi connectivity index (χ0v) is 15.2. The van der Waals surface area contributed by atoms with Crippen molar-refractivity contribution in [1.82, 2.24) is 20.3 Å². The van der Waals surface area contributed by atoms with Crippen LogP contribution in [0.25, 0.3) is 11.0 Å². The van der Waals surface area contributed by atoms with Crippen molar-refractivity contribution in [2.45, 2.75) is 6.04 Å². The first-order chi connectivity index (χ1) is 13.7. The third kappa shape index (κ3) is 3.66. The second kappa shape index (κ2) is 7.84. The molecular weight excluding hydrogens is 352 g/mol. The molecule has 0 saturated heterocycles. The molecule has 0 aliphatic heterocycles. The van der Waals surface area contributed by atoms with Crippen molar-refractivity contribution in [3.05, 3.63) is 96.1 Å². The smallest absolute Gasteiger partial charge is 0.252 e. The number of carbonyl (C=O) groups excluding carboxylic acids is 1. The minimum Gasteiger partial charge on any atom is -0.497 e. The molecular formula is C22H18N4O2. The molecule has 1 N–H and O–H groups in total. The molecule has 2 aromatic carbocycles. The Hall–Kier alpha value is -3.80. The van der Waals surface area contributed by atoms with Gasteiger partial charge in [-0.2, -0.15) is 0 Å². The number of hydrogen-bond acceptors (Lipinski definition) is 5. The van der Waals surface area contributed by atoms with Gasteiger partial charge in [-0.05, 0) is 53.6 Å². The van der Waals surface area contributed by atoms with E-state index in [1.54, 1.807) is 50.1 Å². The van der Waals surface area contributed by atoms with Crippen LogP contribution in [0, 0.1) is 0 Å². The molecule has 28 heavy (non-hydrogen) atoms. The molecule has 1 unspecified atom stereocenters. The van der Waals surface area contributed by atoms with Crippen molar-refractivity contribution in [3.63, 3.8) is 0 Å². The summed E-state index contributed by atoms with van der Waals surface area (Å²) in [4.78, 5) is 25.6. The van der Waals surface area contributed by atoms with E-state index in [4.69, 9.17) is 4.74 Å². The summed E-state index contributed by atoms with van der Waals surface area (Å²) >= 11 is 0. The van der Waals surface area contributed by atoms with Crippen LogP contribution in [-0.4, -0.2) is 28.0 Å². The Balaban J connectivity index is 1.66. The number of nitrogens with zero attached hydrogens (tertiary/aromatic N) is 3. The first-order valence-corrected chi connectivity index (χ1v) is 8.80. The van der Waals surface area contributed by atoms with Gasteiger partial charge in [-0.15, -0.1) is 0 Å². The Morgan fingerprint density at radius 1 is 0.857 bits per heavy atom. The SMILES string of the molecule is COc1ccc(C(NC(=O)c2ccc3nccnc3c2)c2ccncc2)cc1. The topological polar surface area (TPSA) is 77.0 Å². The summed E-state index contributed by atoms with van der Waals surface area (Å²) in [5, 5.41) is 3.11. The van der Waals surface area contributed by atoms with Crippen molar-refractivity contribution < 1.29 is 9.53 Å². The lowest BCUT2D eigenvalue weighted by Gasteiger charge is -2.20. The summed E-state index contributed by atoms with van der Waals surface area (Å²) in [5.41, 5.74) is 3.84. The van der Waals surface area contributed by atoms with Gasteiger partial charge in [0.05, 0.1) is 24.2 Å². The van der Waals surface area contributed by atoms with Crippen LogP contribution >= 0.6 is 0 Å². The molecule has 0 saturated carbocycles. The third-order valence-corrected chi connectivity index (χ3v) is 4.50. The Bertz CT molecular complexity index is 1100. The maximum atomic E-state index is 13.0. The summed E-state index contributed by atoms with van der Waals surface area (Å²) in [6.45, 7) is 0. The van der Waals surface area contributed by atoms with Crippen LogP contribution in [0.4, 0.5) is 0 Å². The second-order valence-corrected chi connectivity index (χ2v) is 6.22. The maximum absolute atomic E-state index is 13.0. The Morgan fingerprint density at radius 3 is 2.25 bits per heavy atom. The third-order valence-electron chi connectivity index (χ3n) is 4.50. The lowest BCUT2D eigenvalue weighted by Crippen LogP contribution is -2.29. The molecule has 6 nitrogen and oxygen atoms in total. The fourth-order valence-corrected chi connectivity index (χ4v) is 3.03. The second-order valence-electron chi connectivity index (χ2n) is 6.22. The van der Waals surface area contributed by atoms with Crippen LogP contribution in [0.3, 0.4) is 0 Å².